The van der Waals surface area contributed by atoms with Gasteiger partial charge in [-0.1, -0.05) is 32.1 Å². The fourth-order valence-corrected chi connectivity index (χ4v) is 3.22. The summed E-state index contributed by atoms with van der Waals surface area (Å²) in [5.41, 5.74) is 0.480. The van der Waals surface area contributed by atoms with Gasteiger partial charge in [0.2, 0.25) is 0 Å². The number of benzene rings is 1. The molecule has 0 aromatic heterocycles. The molecular weight excluding hydrogens is 244 g/mol. The average molecular weight is 267 g/mol. The monoisotopic (exact) mass is 267 g/mol. The highest BCUT2D eigenvalue weighted by Gasteiger charge is 2.25. The third kappa shape index (κ3) is 3.75. The van der Waals surface area contributed by atoms with Crippen molar-refractivity contribution in [3.63, 3.8) is 0 Å². The Balaban J connectivity index is 2.19. The lowest BCUT2D eigenvalue weighted by Crippen LogP contribution is -2.27. The van der Waals surface area contributed by atoms with Crippen LogP contribution in [0.1, 0.15) is 56.6 Å². The Hall–Kier alpha value is -0.960. The predicted molar refractivity (Wildman–Crippen MR) is 74.0 cm³/mol. The normalized spacial score (nSPS) is 19.7. The molecule has 0 spiro atoms. The molecule has 0 amide bonds. The Bertz CT molecular complexity index is 398. The summed E-state index contributed by atoms with van der Waals surface area (Å²) in [4.78, 5) is 0. The zero-order valence-corrected chi connectivity index (χ0v) is 11.6. The van der Waals surface area contributed by atoms with Crippen LogP contribution < -0.4 is 5.32 Å². The van der Waals surface area contributed by atoms with Gasteiger partial charge in [0.15, 0.2) is 0 Å². The van der Waals surface area contributed by atoms with E-state index in [0.717, 1.165) is 12.8 Å². The topological polar surface area (TPSA) is 12.0 Å². The summed E-state index contributed by atoms with van der Waals surface area (Å²) in [6, 6.07) is 3.69. The molecule has 0 heterocycles. The molecule has 2 rings (SSSR count). The van der Waals surface area contributed by atoms with Gasteiger partial charge in [-0.2, -0.15) is 0 Å². The molecule has 106 valence electrons. The first-order chi connectivity index (χ1) is 9.22. The Morgan fingerprint density at radius 1 is 1.05 bits per heavy atom. The van der Waals surface area contributed by atoms with E-state index in [1.165, 1.54) is 50.3 Å². The minimum atomic E-state index is -0.359. The van der Waals surface area contributed by atoms with Crippen LogP contribution in [0.5, 0.6) is 0 Å². The Kier molecular flexibility index (Phi) is 5.32. The first-order valence-corrected chi connectivity index (χ1v) is 7.34. The van der Waals surface area contributed by atoms with E-state index in [2.05, 4.69) is 5.32 Å². The number of hydrogen-bond donors (Lipinski definition) is 1. The predicted octanol–water partition coefficient (Wildman–Crippen LogP) is 4.59. The van der Waals surface area contributed by atoms with Crippen LogP contribution in [-0.2, 0) is 0 Å². The molecule has 1 aliphatic carbocycles. The van der Waals surface area contributed by atoms with Crippen molar-refractivity contribution in [2.45, 2.75) is 51.0 Å². The van der Waals surface area contributed by atoms with Crippen molar-refractivity contribution in [1.29, 1.82) is 0 Å². The molecule has 1 aromatic carbocycles. The van der Waals surface area contributed by atoms with Gasteiger partial charge in [0, 0.05) is 11.6 Å². The summed E-state index contributed by atoms with van der Waals surface area (Å²) in [7, 11) is 1.84. The Morgan fingerprint density at radius 3 is 2.32 bits per heavy atom. The van der Waals surface area contributed by atoms with Gasteiger partial charge in [0.05, 0.1) is 0 Å². The molecule has 0 bridgehead atoms. The Labute approximate surface area is 114 Å². The second-order valence-electron chi connectivity index (χ2n) is 5.54. The van der Waals surface area contributed by atoms with Crippen LogP contribution in [0.25, 0.3) is 0 Å². The molecule has 1 N–H and O–H groups in total. The molecule has 0 radical (unpaired) electrons. The van der Waals surface area contributed by atoms with Crippen molar-refractivity contribution in [1.82, 2.24) is 5.32 Å². The van der Waals surface area contributed by atoms with Crippen molar-refractivity contribution < 1.29 is 8.78 Å². The van der Waals surface area contributed by atoms with Gasteiger partial charge < -0.3 is 5.32 Å². The van der Waals surface area contributed by atoms with Crippen LogP contribution in [0.3, 0.4) is 0 Å². The molecule has 1 fully saturated rings. The second kappa shape index (κ2) is 6.99. The molecular formula is C16H23F2N. The van der Waals surface area contributed by atoms with Crippen LogP contribution in [0.15, 0.2) is 18.2 Å². The molecule has 1 atom stereocenters. The maximum atomic E-state index is 13.9. The minimum Gasteiger partial charge on any atom is -0.313 e. The van der Waals surface area contributed by atoms with Crippen LogP contribution in [-0.4, -0.2) is 7.05 Å². The van der Waals surface area contributed by atoms with E-state index in [9.17, 15) is 8.78 Å². The highest BCUT2D eigenvalue weighted by atomic mass is 19.1. The lowest BCUT2D eigenvalue weighted by molar-refractivity contribution is 0.293. The maximum absolute atomic E-state index is 13.9. The molecule has 19 heavy (non-hydrogen) atoms. The number of halogens is 2. The highest BCUT2D eigenvalue weighted by molar-refractivity contribution is 5.23. The summed E-state index contributed by atoms with van der Waals surface area (Å²) >= 11 is 0. The zero-order valence-electron chi connectivity index (χ0n) is 11.6. The van der Waals surface area contributed by atoms with Crippen molar-refractivity contribution in [2.24, 2.45) is 5.92 Å². The fraction of sp³-hybridized carbons (Fsp3) is 0.625. The van der Waals surface area contributed by atoms with Crippen LogP contribution in [0.4, 0.5) is 8.78 Å². The van der Waals surface area contributed by atoms with Crippen molar-refractivity contribution >= 4 is 0 Å². The summed E-state index contributed by atoms with van der Waals surface area (Å²) in [5.74, 6) is -0.257. The summed E-state index contributed by atoms with van der Waals surface area (Å²) in [5, 5.41) is 3.20. The highest BCUT2D eigenvalue weighted by Crippen LogP contribution is 2.34. The van der Waals surface area contributed by atoms with E-state index in [1.807, 2.05) is 7.05 Å². The average Bonchev–Trinajstić information content (AvgIpc) is 2.36. The quantitative estimate of drug-likeness (QED) is 0.845. The standard InChI is InChI=1S/C16H23F2N/c1-19-16(12-7-5-3-2-4-6-8-12)14-11-13(17)9-10-15(14)18/h9-12,16,19H,2-8H2,1H3. The summed E-state index contributed by atoms with van der Waals surface area (Å²) < 4.78 is 27.3. The van der Waals surface area contributed by atoms with E-state index in [0.29, 0.717) is 11.5 Å². The summed E-state index contributed by atoms with van der Waals surface area (Å²) in [6.45, 7) is 0. The Morgan fingerprint density at radius 2 is 1.68 bits per heavy atom. The van der Waals surface area contributed by atoms with Gasteiger partial charge in [0.25, 0.3) is 0 Å². The second-order valence-corrected chi connectivity index (χ2v) is 5.54. The maximum Gasteiger partial charge on any atom is 0.128 e. The van der Waals surface area contributed by atoms with E-state index in [1.54, 1.807) is 0 Å². The summed E-state index contributed by atoms with van der Waals surface area (Å²) in [6.07, 6.45) is 8.42. The smallest absolute Gasteiger partial charge is 0.128 e. The van der Waals surface area contributed by atoms with E-state index < -0.39 is 0 Å². The zero-order chi connectivity index (χ0) is 13.7. The lowest BCUT2D eigenvalue weighted by Gasteiger charge is -2.29. The first-order valence-electron chi connectivity index (χ1n) is 7.34. The van der Waals surface area contributed by atoms with E-state index in [4.69, 9.17) is 0 Å². The molecule has 3 heteroatoms. The van der Waals surface area contributed by atoms with Gasteiger partial charge in [-0.25, -0.2) is 8.78 Å². The van der Waals surface area contributed by atoms with E-state index in [-0.39, 0.29) is 17.7 Å². The molecule has 1 saturated carbocycles. The van der Waals surface area contributed by atoms with Gasteiger partial charge in [0.1, 0.15) is 11.6 Å². The number of rotatable bonds is 3. The van der Waals surface area contributed by atoms with Crippen molar-refractivity contribution in [3.8, 4) is 0 Å². The number of nitrogens with one attached hydrogen (secondary N) is 1. The molecule has 1 aromatic rings. The largest absolute Gasteiger partial charge is 0.313 e. The molecule has 1 nitrogen and oxygen atoms in total. The van der Waals surface area contributed by atoms with Gasteiger partial charge in [-0.05, 0) is 44.0 Å². The number of hydrogen-bond acceptors (Lipinski definition) is 1. The molecule has 0 saturated heterocycles. The van der Waals surface area contributed by atoms with Crippen LogP contribution >= 0.6 is 0 Å². The lowest BCUT2D eigenvalue weighted by atomic mass is 9.83. The molecule has 0 aliphatic heterocycles. The first kappa shape index (κ1) is 14.4. The van der Waals surface area contributed by atoms with Crippen LogP contribution in [0.2, 0.25) is 0 Å². The van der Waals surface area contributed by atoms with Crippen LogP contribution in [0, 0.1) is 17.6 Å². The minimum absolute atomic E-state index is 0.0752. The van der Waals surface area contributed by atoms with Crippen molar-refractivity contribution in [3.05, 3.63) is 35.4 Å². The molecule has 1 aliphatic rings. The van der Waals surface area contributed by atoms with Crippen molar-refractivity contribution in [2.75, 3.05) is 7.05 Å². The van der Waals surface area contributed by atoms with Gasteiger partial charge in [-0.3, -0.25) is 0 Å². The van der Waals surface area contributed by atoms with Gasteiger partial charge in [-0.15, -0.1) is 0 Å². The third-order valence-electron chi connectivity index (χ3n) is 4.23. The SMILES string of the molecule is CNC(c1cc(F)ccc1F)C1CCCCCCC1. The fourth-order valence-electron chi connectivity index (χ4n) is 3.22. The van der Waals surface area contributed by atoms with E-state index >= 15 is 0 Å². The molecule has 1 unspecified atom stereocenters. The third-order valence-corrected chi connectivity index (χ3v) is 4.23. The van der Waals surface area contributed by atoms with Gasteiger partial charge >= 0.3 is 0 Å².